The number of benzene rings is 1. The summed E-state index contributed by atoms with van der Waals surface area (Å²) < 4.78 is 7.63. The highest BCUT2D eigenvalue weighted by Gasteiger charge is 2.15. The van der Waals surface area contributed by atoms with E-state index in [0.717, 1.165) is 10.7 Å². The van der Waals surface area contributed by atoms with E-state index in [-0.39, 0.29) is 0 Å². The molecule has 0 saturated heterocycles. The van der Waals surface area contributed by atoms with Crippen molar-refractivity contribution in [2.45, 2.75) is 5.88 Å². The Kier molecular flexibility index (Phi) is 3.58. The number of imidazole rings is 1. The topological polar surface area (TPSA) is 26.5 Å². The Hall–Kier alpha value is -0.940. The molecular weight excluding hydrogens is 327 g/mol. The normalized spacial score (nSPS) is 11.1. The van der Waals surface area contributed by atoms with Gasteiger partial charge >= 0.3 is 0 Å². The molecule has 3 nitrogen and oxygen atoms in total. The van der Waals surface area contributed by atoms with Gasteiger partial charge in [-0.2, -0.15) is 4.98 Å². The molecule has 0 atom stereocenters. The molecule has 0 bridgehead atoms. The Morgan fingerprint density at radius 1 is 1.32 bits per heavy atom. The summed E-state index contributed by atoms with van der Waals surface area (Å²) in [6, 6.07) is 5.04. The van der Waals surface area contributed by atoms with Crippen LogP contribution in [0.3, 0.4) is 0 Å². The molecular formula is C12H7Cl3N2OS. The van der Waals surface area contributed by atoms with Gasteiger partial charge in [-0.1, -0.05) is 23.2 Å². The van der Waals surface area contributed by atoms with Crippen molar-refractivity contribution in [3.8, 4) is 11.6 Å². The predicted octanol–water partition coefficient (Wildman–Crippen LogP) is 5.23. The van der Waals surface area contributed by atoms with Crippen molar-refractivity contribution in [3.05, 3.63) is 45.5 Å². The number of alkyl halides is 1. The van der Waals surface area contributed by atoms with Gasteiger partial charge in [0.1, 0.15) is 11.4 Å². The van der Waals surface area contributed by atoms with Gasteiger partial charge in [0.05, 0.1) is 10.9 Å². The van der Waals surface area contributed by atoms with Crippen LogP contribution >= 0.6 is 46.1 Å². The van der Waals surface area contributed by atoms with E-state index in [1.165, 1.54) is 11.3 Å². The van der Waals surface area contributed by atoms with E-state index >= 15 is 0 Å². The summed E-state index contributed by atoms with van der Waals surface area (Å²) in [7, 11) is 0. The number of halogens is 3. The van der Waals surface area contributed by atoms with Gasteiger partial charge in [-0.25, -0.2) is 0 Å². The largest absolute Gasteiger partial charge is 0.436 e. The second-order valence-electron chi connectivity index (χ2n) is 3.73. The summed E-state index contributed by atoms with van der Waals surface area (Å²) in [6.45, 7) is 0. The van der Waals surface area contributed by atoms with Crippen LogP contribution in [0.2, 0.25) is 10.0 Å². The molecule has 2 aromatic heterocycles. The van der Waals surface area contributed by atoms with Gasteiger partial charge in [0.2, 0.25) is 5.88 Å². The highest BCUT2D eigenvalue weighted by molar-refractivity contribution is 7.15. The smallest absolute Gasteiger partial charge is 0.243 e. The minimum absolute atomic E-state index is 0.304. The maximum atomic E-state index is 6.07. The molecule has 0 saturated carbocycles. The number of nitrogens with zero attached hydrogens (tertiary/aromatic N) is 2. The standard InChI is InChI=1S/C12H7Cl3N2OS/c13-6-9-11(16-12-17(9)3-4-19-12)18-10-2-1-7(14)5-8(10)15/h1-5H,6H2. The molecule has 0 fully saturated rings. The molecule has 0 N–H and O–H groups in total. The van der Waals surface area contributed by atoms with Gasteiger partial charge in [-0.05, 0) is 18.2 Å². The summed E-state index contributed by atoms with van der Waals surface area (Å²) in [5.41, 5.74) is 0.795. The van der Waals surface area contributed by atoms with Crippen molar-refractivity contribution in [1.82, 2.24) is 9.38 Å². The Bertz CT molecular complexity index is 738. The first kappa shape index (κ1) is 13.1. The molecule has 0 amide bonds. The van der Waals surface area contributed by atoms with Gasteiger partial charge in [0.25, 0.3) is 0 Å². The van der Waals surface area contributed by atoms with Crippen LogP contribution in [-0.2, 0) is 5.88 Å². The third-order valence-electron chi connectivity index (χ3n) is 2.55. The number of hydrogen-bond donors (Lipinski definition) is 0. The van der Waals surface area contributed by atoms with E-state index in [2.05, 4.69) is 4.98 Å². The van der Waals surface area contributed by atoms with Gasteiger partial charge < -0.3 is 4.74 Å². The lowest BCUT2D eigenvalue weighted by Gasteiger charge is -2.06. The van der Waals surface area contributed by atoms with Crippen molar-refractivity contribution in [2.24, 2.45) is 0 Å². The van der Waals surface area contributed by atoms with E-state index in [0.29, 0.717) is 27.6 Å². The van der Waals surface area contributed by atoms with Crippen molar-refractivity contribution in [2.75, 3.05) is 0 Å². The molecule has 1 aromatic carbocycles. The van der Waals surface area contributed by atoms with E-state index in [4.69, 9.17) is 39.5 Å². The van der Waals surface area contributed by atoms with Gasteiger partial charge in [0, 0.05) is 16.6 Å². The molecule has 19 heavy (non-hydrogen) atoms. The van der Waals surface area contributed by atoms with Gasteiger partial charge in [-0.15, -0.1) is 22.9 Å². The second kappa shape index (κ2) is 5.21. The van der Waals surface area contributed by atoms with E-state index in [1.54, 1.807) is 18.2 Å². The molecule has 7 heteroatoms. The average molecular weight is 334 g/mol. The van der Waals surface area contributed by atoms with Crippen LogP contribution < -0.4 is 4.74 Å². The molecule has 0 aliphatic rings. The number of rotatable bonds is 3. The number of thiazole rings is 1. The first-order chi connectivity index (χ1) is 9.19. The monoisotopic (exact) mass is 332 g/mol. The Morgan fingerprint density at radius 3 is 2.89 bits per heavy atom. The Balaban J connectivity index is 2.02. The van der Waals surface area contributed by atoms with Crippen LogP contribution in [0, 0.1) is 0 Å². The number of hydrogen-bond acceptors (Lipinski definition) is 3. The SMILES string of the molecule is ClCc1c(Oc2ccc(Cl)cc2Cl)nc2sccn12. The van der Waals surface area contributed by atoms with Crippen molar-refractivity contribution < 1.29 is 4.74 Å². The fourth-order valence-corrected chi connectivity index (χ4v) is 3.09. The summed E-state index contributed by atoms with van der Waals surface area (Å²) in [5, 5.41) is 2.93. The maximum absolute atomic E-state index is 6.07. The molecule has 2 heterocycles. The van der Waals surface area contributed by atoms with Crippen LogP contribution in [-0.4, -0.2) is 9.38 Å². The molecule has 0 aliphatic carbocycles. The lowest BCUT2D eigenvalue weighted by atomic mass is 10.3. The summed E-state index contributed by atoms with van der Waals surface area (Å²) in [4.78, 5) is 5.21. The fraction of sp³-hybridized carbons (Fsp3) is 0.0833. The van der Waals surface area contributed by atoms with Crippen LogP contribution in [0.1, 0.15) is 5.69 Å². The second-order valence-corrected chi connectivity index (χ2v) is 5.71. The van der Waals surface area contributed by atoms with Crippen molar-refractivity contribution in [3.63, 3.8) is 0 Å². The van der Waals surface area contributed by atoms with E-state index in [1.807, 2.05) is 16.0 Å². The van der Waals surface area contributed by atoms with Gasteiger partial charge in [-0.3, -0.25) is 4.40 Å². The summed E-state index contributed by atoms with van der Waals surface area (Å²) >= 11 is 19.4. The quantitative estimate of drug-likeness (QED) is 0.613. The highest BCUT2D eigenvalue weighted by atomic mass is 35.5. The third kappa shape index (κ3) is 2.41. The number of fused-ring (bicyclic) bond motifs is 1. The fourth-order valence-electron chi connectivity index (χ4n) is 1.68. The molecule has 0 spiro atoms. The number of ether oxygens (including phenoxy) is 1. The lowest BCUT2D eigenvalue weighted by molar-refractivity contribution is 0.462. The summed E-state index contributed by atoms with van der Waals surface area (Å²) in [6.07, 6.45) is 1.90. The zero-order valence-electron chi connectivity index (χ0n) is 9.44. The van der Waals surface area contributed by atoms with Crippen LogP contribution in [0.4, 0.5) is 0 Å². The third-order valence-corrected chi connectivity index (χ3v) is 4.09. The molecule has 3 rings (SSSR count). The van der Waals surface area contributed by atoms with E-state index in [9.17, 15) is 0 Å². The highest BCUT2D eigenvalue weighted by Crippen LogP contribution is 2.34. The molecule has 0 radical (unpaired) electrons. The minimum atomic E-state index is 0.304. The minimum Gasteiger partial charge on any atom is -0.436 e. The van der Waals surface area contributed by atoms with Crippen LogP contribution in [0.5, 0.6) is 11.6 Å². The zero-order chi connectivity index (χ0) is 13.4. The predicted molar refractivity (Wildman–Crippen MR) is 79.2 cm³/mol. The Labute approximate surface area is 128 Å². The Morgan fingerprint density at radius 2 is 2.16 bits per heavy atom. The maximum Gasteiger partial charge on any atom is 0.243 e. The molecule has 0 aliphatic heterocycles. The van der Waals surface area contributed by atoms with Crippen molar-refractivity contribution in [1.29, 1.82) is 0 Å². The first-order valence-corrected chi connectivity index (χ1v) is 7.49. The average Bonchev–Trinajstić information content (AvgIpc) is 2.92. The van der Waals surface area contributed by atoms with Crippen molar-refractivity contribution >= 4 is 51.1 Å². The zero-order valence-corrected chi connectivity index (χ0v) is 12.5. The first-order valence-electron chi connectivity index (χ1n) is 5.32. The van der Waals surface area contributed by atoms with Crippen LogP contribution in [0.25, 0.3) is 4.96 Å². The van der Waals surface area contributed by atoms with E-state index < -0.39 is 0 Å². The summed E-state index contributed by atoms with van der Waals surface area (Å²) in [5.74, 6) is 1.27. The number of aromatic nitrogens is 2. The molecule has 0 unspecified atom stereocenters. The van der Waals surface area contributed by atoms with Crippen LogP contribution in [0.15, 0.2) is 29.8 Å². The molecule has 98 valence electrons. The lowest BCUT2D eigenvalue weighted by Crippen LogP contribution is -1.91. The molecule has 3 aromatic rings. The van der Waals surface area contributed by atoms with Gasteiger partial charge in [0.15, 0.2) is 4.96 Å².